The van der Waals surface area contributed by atoms with Crippen LogP contribution in [0.3, 0.4) is 0 Å². The molecule has 0 fully saturated rings. The van der Waals surface area contributed by atoms with Crippen LogP contribution in [-0.4, -0.2) is 33.9 Å². The Morgan fingerprint density at radius 1 is 1.62 bits per heavy atom. The normalized spacial score (nSPS) is 9.50. The molecule has 1 aromatic rings. The van der Waals surface area contributed by atoms with Crippen molar-refractivity contribution < 1.29 is 19.6 Å². The van der Waals surface area contributed by atoms with Crippen LogP contribution in [0.2, 0.25) is 0 Å². The predicted octanol–water partition coefficient (Wildman–Crippen LogP) is 0.0372. The number of carboxylic acid groups (broad SMARTS) is 1. The van der Waals surface area contributed by atoms with Crippen molar-refractivity contribution >= 4 is 23.9 Å². The highest BCUT2D eigenvalue weighted by Gasteiger charge is 2.12. The Labute approximate surface area is 89.3 Å². The van der Waals surface area contributed by atoms with Crippen LogP contribution in [0.25, 0.3) is 0 Å². The molecule has 1 rings (SSSR count). The second kappa shape index (κ2) is 4.82. The number of nitro groups is 1. The second-order valence-corrected chi connectivity index (χ2v) is 2.76. The molecule has 0 bridgehead atoms. The first-order valence-electron chi connectivity index (χ1n) is 4.08. The number of carboxylic acids is 1. The van der Waals surface area contributed by atoms with Crippen LogP contribution in [0.4, 0.5) is 11.5 Å². The molecule has 0 radical (unpaired) electrons. The zero-order valence-electron chi connectivity index (χ0n) is 7.94. The van der Waals surface area contributed by atoms with Gasteiger partial charge in [-0.15, -0.1) is 0 Å². The number of carbonyl (C=O) groups excluding carboxylic acids is 1. The van der Waals surface area contributed by atoms with E-state index in [1.807, 2.05) is 0 Å². The summed E-state index contributed by atoms with van der Waals surface area (Å²) in [5.41, 5.74) is -0.232. The minimum absolute atomic E-state index is 0.0444. The van der Waals surface area contributed by atoms with E-state index in [1.165, 1.54) is 6.07 Å². The van der Waals surface area contributed by atoms with E-state index >= 15 is 0 Å². The molecular weight excluding hydrogens is 218 g/mol. The Hall–Kier alpha value is -2.51. The number of carbonyl (C=O) groups is 2. The van der Waals surface area contributed by atoms with Gasteiger partial charge in [-0.3, -0.25) is 24.6 Å². The van der Waals surface area contributed by atoms with E-state index in [-0.39, 0.29) is 11.5 Å². The first kappa shape index (κ1) is 11.6. The third-order valence-electron chi connectivity index (χ3n) is 1.67. The summed E-state index contributed by atoms with van der Waals surface area (Å²) in [5, 5.41) is 18.8. The van der Waals surface area contributed by atoms with Gasteiger partial charge in [0, 0.05) is 6.07 Å². The summed E-state index contributed by atoms with van der Waals surface area (Å²) in [6.07, 6.45) is 1.25. The van der Waals surface area contributed by atoms with E-state index in [9.17, 15) is 19.7 Å². The molecule has 0 saturated heterocycles. The lowest BCUT2D eigenvalue weighted by Crippen LogP contribution is -2.28. The zero-order valence-corrected chi connectivity index (χ0v) is 7.94. The zero-order chi connectivity index (χ0) is 12.1. The maximum atomic E-state index is 10.5. The fourth-order valence-electron chi connectivity index (χ4n) is 0.974. The topological polar surface area (TPSA) is 114 Å². The highest BCUT2D eigenvalue weighted by Crippen LogP contribution is 2.14. The average Bonchev–Trinajstić information content (AvgIpc) is 2.25. The van der Waals surface area contributed by atoms with Gasteiger partial charge in [-0.1, -0.05) is 0 Å². The largest absolute Gasteiger partial charge is 0.480 e. The van der Waals surface area contributed by atoms with Crippen LogP contribution >= 0.6 is 0 Å². The van der Waals surface area contributed by atoms with Gasteiger partial charge < -0.3 is 5.11 Å². The molecule has 0 aliphatic heterocycles. The molecule has 8 heteroatoms. The SMILES string of the molecule is O=CN(CC(=O)O)c1ccc([N+](=O)[O-])cn1. The van der Waals surface area contributed by atoms with Crippen molar-refractivity contribution in [2.45, 2.75) is 0 Å². The number of aliphatic carboxylic acids is 1. The Kier molecular flexibility index (Phi) is 3.49. The van der Waals surface area contributed by atoms with Gasteiger partial charge in [0.1, 0.15) is 18.6 Å². The van der Waals surface area contributed by atoms with E-state index in [4.69, 9.17) is 5.11 Å². The summed E-state index contributed by atoms with van der Waals surface area (Å²) < 4.78 is 0. The van der Waals surface area contributed by atoms with Crippen LogP contribution in [-0.2, 0) is 9.59 Å². The van der Waals surface area contributed by atoms with Crippen molar-refractivity contribution in [1.82, 2.24) is 4.98 Å². The van der Waals surface area contributed by atoms with Crippen LogP contribution in [0.1, 0.15) is 0 Å². The van der Waals surface area contributed by atoms with Gasteiger partial charge in [0.05, 0.1) is 4.92 Å². The molecule has 16 heavy (non-hydrogen) atoms. The molecule has 0 aliphatic carbocycles. The number of pyridine rings is 1. The van der Waals surface area contributed by atoms with Crippen molar-refractivity contribution in [2.24, 2.45) is 0 Å². The summed E-state index contributed by atoms with van der Waals surface area (Å²) >= 11 is 0. The number of aromatic nitrogens is 1. The molecule has 0 atom stereocenters. The van der Waals surface area contributed by atoms with Gasteiger partial charge in [0.15, 0.2) is 0 Å². The molecule has 0 aliphatic rings. The van der Waals surface area contributed by atoms with Gasteiger partial charge in [0.2, 0.25) is 6.41 Å². The van der Waals surface area contributed by atoms with Crippen molar-refractivity contribution in [2.75, 3.05) is 11.4 Å². The minimum Gasteiger partial charge on any atom is -0.480 e. The lowest BCUT2D eigenvalue weighted by atomic mass is 10.4. The van der Waals surface area contributed by atoms with E-state index in [2.05, 4.69) is 4.98 Å². The third-order valence-corrected chi connectivity index (χ3v) is 1.67. The van der Waals surface area contributed by atoms with Crippen molar-refractivity contribution in [3.8, 4) is 0 Å². The minimum atomic E-state index is -1.20. The van der Waals surface area contributed by atoms with Gasteiger partial charge >= 0.3 is 5.97 Å². The van der Waals surface area contributed by atoms with E-state index in [1.54, 1.807) is 0 Å². The lowest BCUT2D eigenvalue weighted by molar-refractivity contribution is -0.385. The fourth-order valence-corrected chi connectivity index (χ4v) is 0.974. The predicted molar refractivity (Wildman–Crippen MR) is 51.9 cm³/mol. The molecule has 1 N–H and O–H groups in total. The number of nitrogens with zero attached hydrogens (tertiary/aromatic N) is 3. The molecule has 84 valence electrons. The van der Waals surface area contributed by atoms with E-state index in [0.29, 0.717) is 6.41 Å². The number of rotatable bonds is 5. The van der Waals surface area contributed by atoms with E-state index in [0.717, 1.165) is 17.2 Å². The quantitative estimate of drug-likeness (QED) is 0.429. The maximum Gasteiger partial charge on any atom is 0.323 e. The Morgan fingerprint density at radius 2 is 2.31 bits per heavy atom. The summed E-state index contributed by atoms with van der Waals surface area (Å²) in [5.74, 6) is -1.16. The molecule has 1 aromatic heterocycles. The van der Waals surface area contributed by atoms with Crippen molar-refractivity contribution in [3.63, 3.8) is 0 Å². The highest BCUT2D eigenvalue weighted by molar-refractivity contribution is 5.83. The summed E-state index contributed by atoms with van der Waals surface area (Å²) in [6.45, 7) is -0.547. The maximum absolute atomic E-state index is 10.5. The second-order valence-electron chi connectivity index (χ2n) is 2.76. The summed E-state index contributed by atoms with van der Waals surface area (Å²) in [4.78, 5) is 35.0. The first-order valence-corrected chi connectivity index (χ1v) is 4.08. The number of hydrogen-bond donors (Lipinski definition) is 1. The number of hydrogen-bond acceptors (Lipinski definition) is 5. The molecule has 0 unspecified atom stereocenters. The van der Waals surface area contributed by atoms with Crippen LogP contribution in [0.5, 0.6) is 0 Å². The number of amides is 1. The standard InChI is InChI=1S/C8H7N3O5/c12-5-10(4-8(13)14)7-2-1-6(3-9-7)11(15)16/h1-3,5H,4H2,(H,13,14). The molecule has 0 spiro atoms. The molecular formula is C8H7N3O5. The molecule has 0 aromatic carbocycles. The van der Waals surface area contributed by atoms with Gasteiger partial charge in [-0.25, -0.2) is 4.98 Å². The smallest absolute Gasteiger partial charge is 0.323 e. The monoisotopic (exact) mass is 225 g/mol. The van der Waals surface area contributed by atoms with Gasteiger partial charge in [0.25, 0.3) is 5.69 Å². The highest BCUT2D eigenvalue weighted by atomic mass is 16.6. The van der Waals surface area contributed by atoms with Crippen molar-refractivity contribution in [1.29, 1.82) is 0 Å². The van der Waals surface area contributed by atoms with Gasteiger partial charge in [-0.05, 0) is 6.07 Å². The fraction of sp³-hybridized carbons (Fsp3) is 0.125. The van der Waals surface area contributed by atoms with Crippen molar-refractivity contribution in [3.05, 3.63) is 28.4 Å². The number of anilines is 1. The van der Waals surface area contributed by atoms with Crippen LogP contribution in [0.15, 0.2) is 18.3 Å². The van der Waals surface area contributed by atoms with E-state index < -0.39 is 17.4 Å². The molecule has 1 heterocycles. The molecule has 1 amide bonds. The molecule has 0 saturated carbocycles. The summed E-state index contributed by atoms with van der Waals surface area (Å²) in [7, 11) is 0. The lowest BCUT2D eigenvalue weighted by Gasteiger charge is -2.12. The summed E-state index contributed by atoms with van der Waals surface area (Å²) in [6, 6.07) is 2.34. The third kappa shape index (κ3) is 2.74. The first-order chi connectivity index (χ1) is 7.54. The Bertz CT molecular complexity index is 416. The molecule has 8 nitrogen and oxygen atoms in total. The Balaban J connectivity index is 2.90. The Morgan fingerprint density at radius 3 is 2.69 bits per heavy atom. The van der Waals surface area contributed by atoms with Crippen LogP contribution in [0, 0.1) is 10.1 Å². The van der Waals surface area contributed by atoms with Gasteiger partial charge in [-0.2, -0.15) is 0 Å². The van der Waals surface area contributed by atoms with Crippen LogP contribution < -0.4 is 4.90 Å². The average molecular weight is 225 g/mol.